The molecule has 8 aliphatic heterocycles. The zero-order valence-electron chi connectivity index (χ0n) is 86.9. The van der Waals surface area contributed by atoms with E-state index >= 15 is 0 Å². The van der Waals surface area contributed by atoms with Crippen molar-refractivity contribution in [2.24, 2.45) is 57.7 Å². The predicted molar refractivity (Wildman–Crippen MR) is 569 cm³/mol. The Labute approximate surface area is 880 Å². The molecule has 16 heterocycles. The van der Waals surface area contributed by atoms with Crippen LogP contribution in [0.2, 0.25) is 0 Å². The second-order valence-electron chi connectivity index (χ2n) is 42.7. The molecule has 8 aromatic heterocycles. The summed E-state index contributed by atoms with van der Waals surface area (Å²) in [5.74, 6) is -2.62. The van der Waals surface area contributed by atoms with Crippen molar-refractivity contribution >= 4 is 127 Å². The first kappa shape index (κ1) is 107. The van der Waals surface area contributed by atoms with E-state index in [0.717, 1.165) is 97.4 Å². The summed E-state index contributed by atoms with van der Waals surface area (Å²) in [6.45, 7) is 35.9. The highest BCUT2D eigenvalue weighted by atomic mass is 32.1. The Morgan fingerprint density at radius 2 is 0.649 bits per heavy atom. The summed E-state index contributed by atoms with van der Waals surface area (Å²) in [5.41, 5.74) is 20.5. The van der Waals surface area contributed by atoms with Gasteiger partial charge in [0, 0.05) is 132 Å². The van der Waals surface area contributed by atoms with Crippen LogP contribution in [0.3, 0.4) is 0 Å². The number of hydrogen-bond acceptors (Lipinski definition) is 29. The number of benzene rings is 4. The number of thiazole rings is 4. The monoisotopic (exact) mass is 2100 g/mol. The Kier molecular flexibility index (Phi) is 31.2. The number of β-amino-alcohol motifs (C(OH)–C–C–N with tert-alkyl or cyclic N) is 4. The first-order valence-electron chi connectivity index (χ1n) is 50.2. The third-order valence-electron chi connectivity index (χ3n) is 30.3. The van der Waals surface area contributed by atoms with Gasteiger partial charge in [-0.2, -0.15) is 9.36 Å². The maximum atomic E-state index is 13.8. The summed E-state index contributed by atoms with van der Waals surface area (Å²) in [6, 6.07) is 32.4. The van der Waals surface area contributed by atoms with Crippen molar-refractivity contribution in [3.05, 3.63) is 216 Å². The molecule has 20 rings (SSSR count). The Hall–Kier alpha value is -12.5. The van der Waals surface area contributed by atoms with E-state index in [4.69, 9.17) is 4.52 Å². The fourth-order valence-corrected chi connectivity index (χ4v) is 26.2. The largest absolute Gasteiger partial charge is 0.391 e. The number of aliphatic imine (C=N–C) groups is 4. The van der Waals surface area contributed by atoms with Crippen LogP contribution in [0.1, 0.15) is 237 Å². The van der Waals surface area contributed by atoms with Crippen molar-refractivity contribution < 1.29 is 63.3 Å². The summed E-state index contributed by atoms with van der Waals surface area (Å²) in [5, 5.41) is 62.5. The molecule has 4 fully saturated rings. The van der Waals surface area contributed by atoms with Crippen LogP contribution in [-0.4, -0.2) is 249 Å². The van der Waals surface area contributed by atoms with E-state index in [1.165, 1.54) is 11.5 Å². The Balaban J connectivity index is 0.000000135. The number of aliphatic hydroxyl groups excluding tert-OH is 4. The van der Waals surface area contributed by atoms with Gasteiger partial charge < -0.3 is 44.5 Å². The van der Waals surface area contributed by atoms with Crippen molar-refractivity contribution in [1.82, 2.24) is 84.0 Å². The van der Waals surface area contributed by atoms with Crippen LogP contribution < -0.4 is 0 Å². The molecule has 0 spiro atoms. The van der Waals surface area contributed by atoms with E-state index in [1.807, 2.05) is 243 Å². The van der Waals surface area contributed by atoms with E-state index in [-0.39, 0.29) is 115 Å². The van der Waals surface area contributed by atoms with E-state index < -0.39 is 82.0 Å². The predicted octanol–water partition coefficient (Wildman–Crippen LogP) is 15.3. The Morgan fingerprint density at radius 1 is 0.385 bits per heavy atom. The highest BCUT2D eigenvalue weighted by Crippen LogP contribution is 2.48. The smallest absolute Gasteiger partial charge is 0.256 e. The quantitative estimate of drug-likeness (QED) is 0.0436. The van der Waals surface area contributed by atoms with E-state index in [9.17, 15) is 58.8 Å². The molecule has 4 saturated heterocycles. The SMILES string of the molecule is Cc1cc(C(C(=O)N2CC(O)CC2C2=NC(=O)C(C)(c3ccc(-c4scnc4C)cc3)C2)C(C)C)sn1.Cc1ncsc1-c1ccc([C@]2(C)CC(C3C[C@@H](O)CN3C(=O)[C@H](c3cn(C)nn3)C(C)C)=NC2=O)cc1.Cc1ncsc1-c1ccc([C@]2(C)CC([C@@H]3C[C@@H](O)CN3C(=O)[C@@H](c3cn(C)nn3)C(C)C)=NC2=O)cc1.Cc1noc(C(C(=O)N2C[C@H](O)C[C@H]2C2=NC(=O)[C@](C)(c3ccc(-c4scnc4C)cc3)C2)C(C)C)n1. The van der Waals surface area contributed by atoms with Crippen molar-refractivity contribution in [3.63, 3.8) is 0 Å². The average molecular weight is 2100 g/mol. The normalized spacial score (nSPS) is 24.7. The van der Waals surface area contributed by atoms with E-state index in [2.05, 4.69) is 75.0 Å². The summed E-state index contributed by atoms with van der Waals surface area (Å²) < 4.78 is 12.9. The number of amides is 8. The standard InChI is InChI=1S/C28H32N4O3S2.2C27H32N6O3S.C27H31N5O4S/c1-15(2)24(23-10-16(3)31-37-23)26(34)32-13-20(33)11-22(32)21-12-28(5,27(35)30-21)19-8-6-18(7-9-19)25-17(4)29-14-36-25;2*1-15(2)23(21-13-32(5)31-30-21)25(35)33-12-19(34)10-22(33)20-11-27(4,26(36)29-20)18-8-6-17(7-9-18)24-16(3)28-14-37-24;1-14(2)22(24-29-16(4)31-36-24)25(34)32-12-19(33)10-21(32)20-11-27(5,26(35)30-20)18-8-6-17(7-9-18)23-15(3)28-13-37-23/h6-10,14-15,20,22,24,33H,11-13H2,1-5H3;2*6-9,13-15,19,22-23,34H,10-12H2,1-5H3;6-9,13-14,19,21-22,33H,10-12H2,1-5H3/t;19-,22?,23+,27+;19-,22+,23-,27+;19-,21+,22?,27+/m.111/s1. The third kappa shape index (κ3) is 21.3. The Morgan fingerprint density at radius 3 is 0.865 bits per heavy atom. The molecule has 0 saturated carbocycles. The minimum atomic E-state index is -0.833. The maximum Gasteiger partial charge on any atom is 0.256 e. The number of rotatable bonds is 24. The van der Waals surface area contributed by atoms with Crippen LogP contribution >= 0.6 is 56.9 Å². The lowest BCUT2D eigenvalue weighted by atomic mass is 9.78. The van der Waals surface area contributed by atoms with Gasteiger partial charge in [0.2, 0.25) is 29.5 Å². The van der Waals surface area contributed by atoms with Gasteiger partial charge in [0.25, 0.3) is 23.6 Å². The molecule has 776 valence electrons. The molecule has 4 aromatic carbocycles. The van der Waals surface area contributed by atoms with Crippen molar-refractivity contribution in [2.45, 2.75) is 270 Å². The summed E-state index contributed by atoms with van der Waals surface area (Å²) in [7, 11) is 3.54. The topological polar surface area (TPSA) is 445 Å². The van der Waals surface area contributed by atoms with Gasteiger partial charge in [-0.15, -0.1) is 55.5 Å². The molecule has 8 amide bonds. The van der Waals surface area contributed by atoms with Gasteiger partial charge in [-0.1, -0.05) is 168 Å². The lowest BCUT2D eigenvalue weighted by Gasteiger charge is -2.30. The fraction of sp³-hybridized carbons (Fsp3) is 0.477. The van der Waals surface area contributed by atoms with E-state index in [1.54, 1.807) is 108 Å². The van der Waals surface area contributed by atoms with Gasteiger partial charge in [-0.3, -0.25) is 47.7 Å². The molecule has 0 bridgehead atoms. The van der Waals surface area contributed by atoms with Gasteiger partial charge in [-0.25, -0.2) is 39.9 Å². The van der Waals surface area contributed by atoms with Gasteiger partial charge in [0.15, 0.2) is 5.82 Å². The molecule has 39 heteroatoms. The Bertz CT molecular complexity index is 6270. The highest BCUT2D eigenvalue weighted by molar-refractivity contribution is 7.14. The summed E-state index contributed by atoms with van der Waals surface area (Å²) in [6.07, 6.45) is 3.92. The number of hydrogen-bond donors (Lipinski definition) is 4. The minimum Gasteiger partial charge on any atom is -0.391 e. The molecule has 8 aliphatic rings. The third-order valence-corrected chi connectivity index (χ3v) is 35.2. The molecule has 12 aromatic rings. The van der Waals surface area contributed by atoms with E-state index in [0.29, 0.717) is 91.4 Å². The molecule has 16 atom stereocenters. The van der Waals surface area contributed by atoms with Crippen LogP contribution in [-0.2, 0) is 74.1 Å². The lowest BCUT2D eigenvalue weighted by Crippen LogP contribution is -2.44. The average Bonchev–Trinajstić information content (AvgIpc) is 1.61. The molecular formula is C109H127N21O13S5. The van der Waals surface area contributed by atoms with Gasteiger partial charge in [-0.05, 0) is 155 Å². The summed E-state index contributed by atoms with van der Waals surface area (Å²) >= 11 is 7.73. The molecule has 4 N–H and O–H groups in total. The molecule has 0 aliphatic carbocycles. The first-order valence-corrected chi connectivity index (χ1v) is 54.5. The number of aliphatic hydroxyl groups is 4. The number of carbonyl (C=O) groups is 8. The van der Waals surface area contributed by atoms with Crippen LogP contribution in [0.5, 0.6) is 0 Å². The van der Waals surface area contributed by atoms with Gasteiger partial charge in [0.05, 0.1) is 169 Å². The van der Waals surface area contributed by atoms with Crippen LogP contribution in [0, 0.1) is 65.2 Å². The zero-order valence-corrected chi connectivity index (χ0v) is 91.0. The number of nitrogens with zero attached hydrogens (tertiary/aromatic N) is 21. The number of aryl methyl sites for hydroxylation is 8. The zero-order chi connectivity index (χ0) is 106. The van der Waals surface area contributed by atoms with Crippen molar-refractivity contribution in [2.75, 3.05) is 26.2 Å². The number of likely N-dealkylation sites (tertiary alicyclic amines) is 4. The van der Waals surface area contributed by atoms with Gasteiger partial charge in [0.1, 0.15) is 5.92 Å². The maximum absolute atomic E-state index is 13.8. The summed E-state index contributed by atoms with van der Waals surface area (Å²) in [4.78, 5) is 160. The second kappa shape index (κ2) is 43.2. The van der Waals surface area contributed by atoms with Crippen LogP contribution in [0.4, 0.5) is 0 Å². The fourth-order valence-electron chi connectivity index (χ4n) is 22.0. The molecule has 148 heavy (non-hydrogen) atoms. The molecular weight excluding hydrogens is 1970 g/mol. The molecule has 34 nitrogen and oxygen atoms in total. The molecule has 6 unspecified atom stereocenters. The highest BCUT2D eigenvalue weighted by Gasteiger charge is 2.55. The molecule has 0 radical (unpaired) electrons. The van der Waals surface area contributed by atoms with Crippen LogP contribution in [0.25, 0.3) is 41.8 Å². The number of carbonyl (C=O) groups excluding carboxylic acids is 8. The van der Waals surface area contributed by atoms with Crippen molar-refractivity contribution in [3.8, 4) is 41.8 Å². The number of aromatic nitrogens is 13. The van der Waals surface area contributed by atoms with Gasteiger partial charge >= 0.3 is 0 Å². The van der Waals surface area contributed by atoms with Crippen molar-refractivity contribution in [1.29, 1.82) is 0 Å². The second-order valence-corrected chi connectivity index (χ2v) is 47.0. The lowest BCUT2D eigenvalue weighted by molar-refractivity contribution is -0.135. The first-order chi connectivity index (χ1) is 70.3. The minimum absolute atomic E-state index is 0.0132. The van der Waals surface area contributed by atoms with Crippen LogP contribution in [0.15, 0.2) is 162 Å².